The molecule has 0 unspecified atom stereocenters. The number of hydrogen-bond donors (Lipinski definition) is 2. The van der Waals surface area contributed by atoms with Crippen LogP contribution in [0, 0.1) is 19.3 Å². The molecule has 3 N–H and O–H groups in total. The zero-order chi connectivity index (χ0) is 9.30. The fourth-order valence-electron chi connectivity index (χ4n) is 0.949. The molecular formula is C7H10N4O. The van der Waals surface area contributed by atoms with Crippen molar-refractivity contribution in [3.63, 3.8) is 0 Å². The van der Waals surface area contributed by atoms with Gasteiger partial charge < -0.3 is 5.73 Å². The maximum atomic E-state index is 11.1. The Hall–Kier alpha value is -1.65. The molecule has 0 fully saturated rings. The molecule has 0 aliphatic heterocycles. The van der Waals surface area contributed by atoms with Crippen molar-refractivity contribution in [2.45, 2.75) is 13.8 Å². The zero-order valence-corrected chi connectivity index (χ0v) is 6.96. The van der Waals surface area contributed by atoms with Crippen molar-refractivity contribution in [3.8, 4) is 0 Å². The van der Waals surface area contributed by atoms with Crippen molar-refractivity contribution in [3.05, 3.63) is 17.5 Å². The summed E-state index contributed by atoms with van der Waals surface area (Å²) in [4.78, 5) is 11.1. The van der Waals surface area contributed by atoms with Gasteiger partial charge in [0.05, 0.1) is 5.69 Å². The first kappa shape index (κ1) is 8.45. The van der Waals surface area contributed by atoms with Crippen LogP contribution in [0.15, 0.2) is 6.07 Å². The lowest BCUT2D eigenvalue weighted by Gasteiger charge is -1.98. The zero-order valence-electron chi connectivity index (χ0n) is 6.96. The Morgan fingerprint density at radius 2 is 2.25 bits per heavy atom. The topological polar surface area (TPSA) is 84.8 Å². The van der Waals surface area contributed by atoms with Gasteiger partial charge in [0.15, 0.2) is 5.84 Å². The Kier molecular flexibility index (Phi) is 1.95. The van der Waals surface area contributed by atoms with Crippen molar-refractivity contribution in [2.75, 3.05) is 0 Å². The number of nitrogens with zero attached hydrogens (tertiary/aromatic N) is 2. The second-order valence-electron chi connectivity index (χ2n) is 2.56. The highest BCUT2D eigenvalue weighted by Gasteiger charge is 2.11. The molecule has 0 saturated carbocycles. The monoisotopic (exact) mass is 166 g/mol. The minimum Gasteiger partial charge on any atom is -0.380 e. The van der Waals surface area contributed by atoms with E-state index >= 15 is 0 Å². The minimum absolute atomic E-state index is 0.499. The predicted molar refractivity (Wildman–Crippen MR) is 44.2 cm³/mol. The quantitative estimate of drug-likeness (QED) is 0.422. The van der Waals surface area contributed by atoms with Gasteiger partial charge in [0.25, 0.3) is 0 Å². The third-order valence-corrected chi connectivity index (χ3v) is 1.43. The number of hydrogen-bond acceptors (Lipinski definition) is 3. The van der Waals surface area contributed by atoms with Gasteiger partial charge in [0, 0.05) is 5.69 Å². The summed E-state index contributed by atoms with van der Waals surface area (Å²) in [6.45, 7) is 3.51. The second-order valence-corrected chi connectivity index (χ2v) is 2.56. The lowest BCUT2D eigenvalue weighted by atomic mass is 10.4. The molecule has 0 aliphatic rings. The van der Waals surface area contributed by atoms with E-state index in [1.165, 1.54) is 0 Å². The van der Waals surface area contributed by atoms with Crippen LogP contribution in [0.4, 0.5) is 0 Å². The minimum atomic E-state index is -0.583. The van der Waals surface area contributed by atoms with Crippen molar-refractivity contribution in [2.24, 2.45) is 5.73 Å². The van der Waals surface area contributed by atoms with Crippen molar-refractivity contribution < 1.29 is 4.79 Å². The number of carbonyl (C=O) groups excluding carboxylic acids is 1. The number of amidine groups is 1. The van der Waals surface area contributed by atoms with E-state index in [0.717, 1.165) is 10.4 Å². The first-order valence-electron chi connectivity index (χ1n) is 3.44. The van der Waals surface area contributed by atoms with Crippen LogP contribution in [0.1, 0.15) is 16.2 Å². The van der Waals surface area contributed by atoms with E-state index in [0.29, 0.717) is 5.69 Å². The van der Waals surface area contributed by atoms with Gasteiger partial charge in [-0.05, 0) is 19.9 Å². The molecule has 0 amide bonds. The Morgan fingerprint density at radius 3 is 2.58 bits per heavy atom. The summed E-state index contributed by atoms with van der Waals surface area (Å²) in [5, 5.41) is 10.8. The molecule has 0 aliphatic carbocycles. The second kappa shape index (κ2) is 2.77. The summed E-state index contributed by atoms with van der Waals surface area (Å²) in [5.41, 5.74) is 6.44. The van der Waals surface area contributed by atoms with E-state index in [-0.39, 0.29) is 0 Å². The molecular weight excluding hydrogens is 156 g/mol. The summed E-state index contributed by atoms with van der Waals surface area (Å²) in [6, 6.07) is 1.75. The van der Waals surface area contributed by atoms with Crippen LogP contribution in [-0.2, 0) is 0 Å². The number of rotatable bonds is 0. The normalized spacial score (nSPS) is 9.83. The van der Waals surface area contributed by atoms with Gasteiger partial charge in [-0.15, -0.1) is 0 Å². The molecule has 5 heteroatoms. The van der Waals surface area contributed by atoms with Gasteiger partial charge in [-0.3, -0.25) is 10.2 Å². The van der Waals surface area contributed by atoms with Gasteiger partial charge in [-0.1, -0.05) is 0 Å². The molecule has 1 aromatic heterocycles. The average molecular weight is 166 g/mol. The molecule has 5 nitrogen and oxygen atoms in total. The lowest BCUT2D eigenvalue weighted by Crippen LogP contribution is -2.29. The van der Waals surface area contributed by atoms with Crippen LogP contribution in [0.2, 0.25) is 0 Å². The van der Waals surface area contributed by atoms with E-state index < -0.39 is 11.7 Å². The summed E-state index contributed by atoms with van der Waals surface area (Å²) in [6.07, 6.45) is 0. The molecule has 1 heterocycles. The van der Waals surface area contributed by atoms with Gasteiger partial charge in [-0.2, -0.15) is 9.78 Å². The highest BCUT2D eigenvalue weighted by atomic mass is 16.2. The SMILES string of the molecule is Cc1cc(C)n(C(=O)C(=N)N)n1. The molecule has 1 rings (SSSR count). The molecule has 0 spiro atoms. The van der Waals surface area contributed by atoms with Crippen LogP contribution < -0.4 is 5.73 Å². The number of aromatic nitrogens is 2. The van der Waals surface area contributed by atoms with Crippen LogP contribution >= 0.6 is 0 Å². The largest absolute Gasteiger partial charge is 0.380 e. The fourth-order valence-corrected chi connectivity index (χ4v) is 0.949. The summed E-state index contributed by atoms with van der Waals surface area (Å²) in [5.74, 6) is -1.08. The molecule has 0 bridgehead atoms. The van der Waals surface area contributed by atoms with Gasteiger partial charge in [0.2, 0.25) is 0 Å². The third-order valence-electron chi connectivity index (χ3n) is 1.43. The number of nitrogens with two attached hydrogens (primary N) is 1. The molecule has 1 aromatic rings. The number of aryl methyl sites for hydroxylation is 2. The Bertz CT molecular complexity index is 339. The molecule has 0 atom stereocenters. The first-order chi connectivity index (χ1) is 5.52. The van der Waals surface area contributed by atoms with Crippen LogP contribution in [-0.4, -0.2) is 21.5 Å². The summed E-state index contributed by atoms with van der Waals surface area (Å²) in [7, 11) is 0. The molecule has 0 saturated heterocycles. The number of nitrogens with one attached hydrogen (secondary N) is 1. The van der Waals surface area contributed by atoms with Crippen molar-refractivity contribution >= 4 is 11.7 Å². The summed E-state index contributed by atoms with van der Waals surface area (Å²) < 4.78 is 1.12. The van der Waals surface area contributed by atoms with E-state index in [1.54, 1.807) is 19.9 Å². The van der Waals surface area contributed by atoms with Gasteiger partial charge in [0.1, 0.15) is 0 Å². The van der Waals surface area contributed by atoms with Crippen LogP contribution in [0.25, 0.3) is 0 Å². The van der Waals surface area contributed by atoms with E-state index in [9.17, 15) is 4.79 Å². The van der Waals surface area contributed by atoms with E-state index in [4.69, 9.17) is 11.1 Å². The van der Waals surface area contributed by atoms with E-state index in [1.807, 2.05) is 0 Å². The summed E-state index contributed by atoms with van der Waals surface area (Å²) >= 11 is 0. The highest BCUT2D eigenvalue weighted by Crippen LogP contribution is 2.00. The van der Waals surface area contributed by atoms with E-state index in [2.05, 4.69) is 5.10 Å². The Morgan fingerprint density at radius 1 is 1.67 bits per heavy atom. The third kappa shape index (κ3) is 1.34. The molecule has 0 radical (unpaired) electrons. The number of carbonyl (C=O) groups is 1. The Labute approximate surface area is 69.7 Å². The van der Waals surface area contributed by atoms with Gasteiger partial charge >= 0.3 is 5.91 Å². The molecule has 0 aromatic carbocycles. The lowest BCUT2D eigenvalue weighted by molar-refractivity contribution is 0.0970. The fraction of sp³-hybridized carbons (Fsp3) is 0.286. The van der Waals surface area contributed by atoms with Crippen LogP contribution in [0.5, 0.6) is 0 Å². The smallest absolute Gasteiger partial charge is 0.312 e. The van der Waals surface area contributed by atoms with Gasteiger partial charge in [-0.25, -0.2) is 0 Å². The maximum absolute atomic E-state index is 11.1. The van der Waals surface area contributed by atoms with Crippen molar-refractivity contribution in [1.82, 2.24) is 9.78 Å². The van der Waals surface area contributed by atoms with Crippen LogP contribution in [0.3, 0.4) is 0 Å². The molecule has 12 heavy (non-hydrogen) atoms. The standard InChI is InChI=1S/C7H10N4O/c1-4-3-5(2)11(10-4)7(12)6(8)9/h3H,1-2H3,(H3,8,9). The predicted octanol–water partition coefficient (Wildman–Crippen LogP) is 0.0761. The maximum Gasteiger partial charge on any atom is 0.312 e. The Balaban J connectivity index is 3.11. The first-order valence-corrected chi connectivity index (χ1v) is 3.44. The average Bonchev–Trinajstić information content (AvgIpc) is 2.28. The highest BCUT2D eigenvalue weighted by molar-refractivity contribution is 6.36. The molecule has 64 valence electrons. The van der Waals surface area contributed by atoms with Crippen molar-refractivity contribution in [1.29, 1.82) is 5.41 Å².